The van der Waals surface area contributed by atoms with Crippen molar-refractivity contribution in [1.82, 2.24) is 10.2 Å². The van der Waals surface area contributed by atoms with Gasteiger partial charge in [0, 0.05) is 11.6 Å². The van der Waals surface area contributed by atoms with Crippen LogP contribution in [0.25, 0.3) is 0 Å². The molecule has 0 saturated carbocycles. The molecule has 0 atom stereocenters. The molecule has 0 radical (unpaired) electrons. The smallest absolute Gasteiger partial charge is 0.161 e. The van der Waals surface area contributed by atoms with Crippen molar-refractivity contribution in [2.45, 2.75) is 66.0 Å². The van der Waals surface area contributed by atoms with Crippen molar-refractivity contribution in [1.29, 1.82) is 0 Å². The van der Waals surface area contributed by atoms with Gasteiger partial charge in [-0.05, 0) is 87.8 Å². The summed E-state index contributed by atoms with van der Waals surface area (Å²) in [6.45, 7) is 13.1. The number of ether oxygens (including phenoxy) is 2. The molecule has 0 fully saturated rings. The van der Waals surface area contributed by atoms with E-state index in [1.54, 1.807) is 0 Å². The quantitative estimate of drug-likeness (QED) is 0.213. The van der Waals surface area contributed by atoms with Crippen LogP contribution in [0, 0.1) is 0 Å². The Hall–Kier alpha value is -1.17. The molecular formula is C27H43Cl3N2O2. The van der Waals surface area contributed by atoms with E-state index in [-0.39, 0.29) is 24.8 Å². The molecule has 0 aliphatic carbocycles. The van der Waals surface area contributed by atoms with Crippen LogP contribution >= 0.6 is 36.4 Å². The largest absolute Gasteiger partial charge is 0.490 e. The second-order valence-corrected chi connectivity index (χ2v) is 8.64. The number of halogens is 3. The summed E-state index contributed by atoms with van der Waals surface area (Å²) < 4.78 is 11.8. The Kier molecular flexibility index (Phi) is 19.4. The van der Waals surface area contributed by atoms with E-state index in [0.29, 0.717) is 13.2 Å². The van der Waals surface area contributed by atoms with E-state index in [0.717, 1.165) is 35.2 Å². The molecule has 34 heavy (non-hydrogen) atoms. The second-order valence-electron chi connectivity index (χ2n) is 8.21. The maximum Gasteiger partial charge on any atom is 0.161 e. The summed E-state index contributed by atoms with van der Waals surface area (Å²) in [5, 5.41) is 4.32. The van der Waals surface area contributed by atoms with E-state index >= 15 is 0 Å². The molecule has 1 N–H and O–H groups in total. The van der Waals surface area contributed by atoms with Crippen LogP contribution in [-0.2, 0) is 13.2 Å². The number of hydrogen-bond donors (Lipinski definition) is 1. The molecule has 0 amide bonds. The van der Waals surface area contributed by atoms with Crippen LogP contribution in [0.2, 0.25) is 5.02 Å². The Morgan fingerprint density at radius 3 is 2.00 bits per heavy atom. The normalized spacial score (nSPS) is 10.5. The van der Waals surface area contributed by atoms with Gasteiger partial charge in [-0.15, -0.1) is 24.8 Å². The highest BCUT2D eigenvalue weighted by Gasteiger charge is 2.08. The summed E-state index contributed by atoms with van der Waals surface area (Å²) >= 11 is 5.96. The van der Waals surface area contributed by atoms with Gasteiger partial charge in [0.1, 0.15) is 6.61 Å². The molecule has 4 nitrogen and oxygen atoms in total. The van der Waals surface area contributed by atoms with Gasteiger partial charge in [-0.25, -0.2) is 0 Å². The molecule has 2 aromatic carbocycles. The molecule has 0 aromatic heterocycles. The molecule has 194 valence electrons. The minimum absolute atomic E-state index is 0. The Balaban J connectivity index is 0.00000544. The van der Waals surface area contributed by atoms with Crippen molar-refractivity contribution in [3.05, 3.63) is 58.6 Å². The third kappa shape index (κ3) is 13.1. The first-order valence-corrected chi connectivity index (χ1v) is 12.6. The highest BCUT2D eigenvalue weighted by molar-refractivity contribution is 6.30. The summed E-state index contributed by atoms with van der Waals surface area (Å²) in [6, 6.07) is 13.9. The number of hydrogen-bond acceptors (Lipinski definition) is 4. The van der Waals surface area contributed by atoms with Crippen LogP contribution in [0.3, 0.4) is 0 Å². The lowest BCUT2D eigenvalue weighted by Gasteiger charge is -2.22. The molecule has 7 heteroatoms. The standard InChI is InChI=1S/C27H41ClN2O2.2ClH/c1-4-7-17-30(18-8-5-2)19-9-16-29-21-24-12-15-26(27(20-24)31-6-3)32-22-23-10-13-25(28)14-11-23;;/h10-15,20,29H,4-9,16-19,21-22H2,1-3H3;2*1H. The Bertz CT molecular complexity index is 752. The maximum atomic E-state index is 6.01. The van der Waals surface area contributed by atoms with Crippen molar-refractivity contribution >= 4 is 36.4 Å². The van der Waals surface area contributed by atoms with Crippen LogP contribution in [0.5, 0.6) is 11.5 Å². The Morgan fingerprint density at radius 2 is 1.38 bits per heavy atom. The lowest BCUT2D eigenvalue weighted by atomic mass is 10.2. The number of nitrogens with one attached hydrogen (secondary N) is 1. The topological polar surface area (TPSA) is 33.7 Å². The molecular weight excluding hydrogens is 491 g/mol. The molecule has 0 spiro atoms. The number of benzene rings is 2. The highest BCUT2D eigenvalue weighted by Crippen LogP contribution is 2.29. The van der Waals surface area contributed by atoms with E-state index in [2.05, 4.69) is 36.2 Å². The third-order valence-corrected chi connectivity index (χ3v) is 5.68. The molecule has 2 rings (SSSR count). The number of unbranched alkanes of at least 4 members (excludes halogenated alkanes) is 2. The molecule has 0 unspecified atom stereocenters. The minimum atomic E-state index is 0. The third-order valence-electron chi connectivity index (χ3n) is 5.43. The zero-order valence-corrected chi connectivity index (χ0v) is 23.4. The van der Waals surface area contributed by atoms with Gasteiger partial charge in [0.15, 0.2) is 11.5 Å². The van der Waals surface area contributed by atoms with Crippen molar-refractivity contribution in [3.8, 4) is 11.5 Å². The fourth-order valence-electron chi connectivity index (χ4n) is 3.55. The Morgan fingerprint density at radius 1 is 0.765 bits per heavy atom. The van der Waals surface area contributed by atoms with E-state index in [9.17, 15) is 0 Å². The van der Waals surface area contributed by atoms with Gasteiger partial charge >= 0.3 is 0 Å². The van der Waals surface area contributed by atoms with Gasteiger partial charge in [0.25, 0.3) is 0 Å². The van der Waals surface area contributed by atoms with Crippen LogP contribution in [0.1, 0.15) is 64.0 Å². The summed E-state index contributed by atoms with van der Waals surface area (Å²) in [7, 11) is 0. The average molecular weight is 534 g/mol. The SMILES string of the molecule is CCCCN(CCCC)CCCNCc1ccc(OCc2ccc(Cl)cc2)c(OCC)c1.Cl.Cl. The molecule has 0 bridgehead atoms. The van der Waals surface area contributed by atoms with E-state index in [1.165, 1.54) is 57.3 Å². The predicted octanol–water partition coefficient (Wildman–Crippen LogP) is 7.54. The van der Waals surface area contributed by atoms with Gasteiger partial charge in [-0.3, -0.25) is 0 Å². The predicted molar refractivity (Wildman–Crippen MR) is 150 cm³/mol. The van der Waals surface area contributed by atoms with Crippen LogP contribution in [0.15, 0.2) is 42.5 Å². The van der Waals surface area contributed by atoms with Gasteiger partial charge in [-0.2, -0.15) is 0 Å². The summed E-state index contributed by atoms with van der Waals surface area (Å²) in [5.41, 5.74) is 2.29. The van der Waals surface area contributed by atoms with Gasteiger partial charge in [-0.1, -0.05) is 56.5 Å². The lowest BCUT2D eigenvalue weighted by molar-refractivity contribution is 0.261. The lowest BCUT2D eigenvalue weighted by Crippen LogP contribution is -2.29. The first-order chi connectivity index (χ1) is 15.7. The highest BCUT2D eigenvalue weighted by atomic mass is 35.5. The van der Waals surface area contributed by atoms with Crippen LogP contribution < -0.4 is 14.8 Å². The van der Waals surface area contributed by atoms with Crippen molar-refractivity contribution in [3.63, 3.8) is 0 Å². The number of rotatable bonds is 17. The Labute approximate surface area is 224 Å². The average Bonchev–Trinajstić information content (AvgIpc) is 2.80. The minimum Gasteiger partial charge on any atom is -0.490 e. The van der Waals surface area contributed by atoms with E-state index < -0.39 is 0 Å². The van der Waals surface area contributed by atoms with Crippen LogP contribution in [-0.4, -0.2) is 37.7 Å². The second kappa shape index (κ2) is 20.1. The van der Waals surface area contributed by atoms with Crippen molar-refractivity contribution in [2.24, 2.45) is 0 Å². The molecule has 0 aliphatic heterocycles. The van der Waals surface area contributed by atoms with Crippen molar-refractivity contribution in [2.75, 3.05) is 32.8 Å². The molecule has 0 heterocycles. The zero-order chi connectivity index (χ0) is 23.0. The fraction of sp³-hybridized carbons (Fsp3) is 0.556. The van der Waals surface area contributed by atoms with Gasteiger partial charge < -0.3 is 19.7 Å². The van der Waals surface area contributed by atoms with E-state index in [4.69, 9.17) is 21.1 Å². The first kappa shape index (κ1) is 32.8. The maximum absolute atomic E-state index is 6.01. The van der Waals surface area contributed by atoms with Gasteiger partial charge in [0.05, 0.1) is 6.61 Å². The van der Waals surface area contributed by atoms with Crippen molar-refractivity contribution < 1.29 is 9.47 Å². The summed E-state index contributed by atoms with van der Waals surface area (Å²) in [5.74, 6) is 1.57. The fourth-order valence-corrected chi connectivity index (χ4v) is 3.68. The molecule has 0 saturated heterocycles. The zero-order valence-electron chi connectivity index (χ0n) is 21.0. The van der Waals surface area contributed by atoms with Gasteiger partial charge in [0.2, 0.25) is 0 Å². The van der Waals surface area contributed by atoms with Crippen LogP contribution in [0.4, 0.5) is 0 Å². The molecule has 0 aliphatic rings. The monoisotopic (exact) mass is 532 g/mol. The summed E-state index contributed by atoms with van der Waals surface area (Å²) in [6.07, 6.45) is 6.30. The summed E-state index contributed by atoms with van der Waals surface area (Å²) in [4.78, 5) is 2.62. The number of nitrogens with zero attached hydrogens (tertiary/aromatic N) is 1. The first-order valence-electron chi connectivity index (χ1n) is 12.2. The molecule has 2 aromatic rings. The van der Waals surface area contributed by atoms with E-state index in [1.807, 2.05) is 37.3 Å².